The molecule has 0 unspecified atom stereocenters. The summed E-state index contributed by atoms with van der Waals surface area (Å²) in [6.07, 6.45) is 1.49. The van der Waals surface area contributed by atoms with Crippen LogP contribution in [0.5, 0.6) is 0 Å². The normalized spacial score (nSPS) is 10.6. The number of fused-ring (bicyclic) bond motifs is 1. The number of aromatic nitrogens is 4. The molecule has 1 N–H and O–H groups in total. The standard InChI is InChI=1S/C13H9N5OS/c14-6-7-20-13-16-11-10(12(19)17-13)8-15-18(11)9-4-2-1-3-5-9/h1-5,8H,7H2,(H,16,17,19). The summed E-state index contributed by atoms with van der Waals surface area (Å²) in [5.41, 5.74) is 1.06. The Hall–Kier alpha value is -2.59. The van der Waals surface area contributed by atoms with Gasteiger partial charge in [0.15, 0.2) is 10.8 Å². The molecule has 2 heterocycles. The summed E-state index contributed by atoms with van der Waals surface area (Å²) in [5.74, 6) is 0.230. The van der Waals surface area contributed by atoms with Crippen molar-refractivity contribution in [2.45, 2.75) is 5.16 Å². The fourth-order valence-corrected chi connectivity index (χ4v) is 2.34. The van der Waals surface area contributed by atoms with Crippen LogP contribution < -0.4 is 5.56 Å². The van der Waals surface area contributed by atoms with Gasteiger partial charge in [0.25, 0.3) is 5.56 Å². The topological polar surface area (TPSA) is 87.4 Å². The number of nitrogens with zero attached hydrogens (tertiary/aromatic N) is 4. The number of nitriles is 1. The van der Waals surface area contributed by atoms with Gasteiger partial charge in [0, 0.05) is 0 Å². The molecule has 0 amide bonds. The third-order valence-electron chi connectivity index (χ3n) is 2.69. The summed E-state index contributed by atoms with van der Waals surface area (Å²) in [4.78, 5) is 19.0. The monoisotopic (exact) mass is 283 g/mol. The van der Waals surface area contributed by atoms with Crippen LogP contribution in [0.4, 0.5) is 0 Å². The van der Waals surface area contributed by atoms with Crippen LogP contribution in [0.15, 0.2) is 46.5 Å². The molecule has 0 saturated carbocycles. The average Bonchev–Trinajstić information content (AvgIpc) is 2.90. The minimum atomic E-state index is -0.252. The van der Waals surface area contributed by atoms with Crippen LogP contribution in [0.25, 0.3) is 16.7 Å². The fraction of sp³-hybridized carbons (Fsp3) is 0.0769. The molecule has 0 aliphatic carbocycles. The van der Waals surface area contributed by atoms with Gasteiger partial charge in [-0.3, -0.25) is 4.79 Å². The first-order valence-electron chi connectivity index (χ1n) is 5.83. The van der Waals surface area contributed by atoms with Gasteiger partial charge in [0.1, 0.15) is 5.39 Å². The van der Waals surface area contributed by atoms with Crippen molar-refractivity contribution in [3.8, 4) is 11.8 Å². The number of rotatable bonds is 3. The van der Waals surface area contributed by atoms with Gasteiger partial charge < -0.3 is 4.98 Å². The molecular formula is C13H9N5OS. The van der Waals surface area contributed by atoms with Gasteiger partial charge in [-0.05, 0) is 12.1 Å². The molecule has 20 heavy (non-hydrogen) atoms. The number of hydrogen-bond donors (Lipinski definition) is 1. The molecular weight excluding hydrogens is 274 g/mol. The van der Waals surface area contributed by atoms with E-state index in [0.29, 0.717) is 16.2 Å². The highest BCUT2D eigenvalue weighted by atomic mass is 32.2. The highest BCUT2D eigenvalue weighted by Gasteiger charge is 2.11. The number of thioether (sulfide) groups is 1. The number of hydrogen-bond acceptors (Lipinski definition) is 5. The Balaban J connectivity index is 2.18. The van der Waals surface area contributed by atoms with Crippen molar-refractivity contribution in [3.63, 3.8) is 0 Å². The molecule has 1 aromatic carbocycles. The van der Waals surface area contributed by atoms with Gasteiger partial charge in [-0.25, -0.2) is 9.67 Å². The molecule has 6 nitrogen and oxygen atoms in total. The predicted molar refractivity (Wildman–Crippen MR) is 75.8 cm³/mol. The molecule has 7 heteroatoms. The zero-order chi connectivity index (χ0) is 13.9. The summed E-state index contributed by atoms with van der Waals surface area (Å²) in [7, 11) is 0. The van der Waals surface area contributed by atoms with Crippen LogP contribution >= 0.6 is 11.8 Å². The quantitative estimate of drug-likeness (QED) is 0.584. The van der Waals surface area contributed by atoms with Crippen molar-refractivity contribution >= 4 is 22.8 Å². The predicted octanol–water partition coefficient (Wildman–Crippen LogP) is 1.72. The Bertz CT molecular complexity index is 847. The molecule has 0 spiro atoms. The van der Waals surface area contributed by atoms with Gasteiger partial charge in [-0.2, -0.15) is 10.4 Å². The highest BCUT2D eigenvalue weighted by Crippen LogP contribution is 2.17. The van der Waals surface area contributed by atoms with Crippen LogP contribution in [0.3, 0.4) is 0 Å². The Morgan fingerprint density at radius 2 is 2.15 bits per heavy atom. The van der Waals surface area contributed by atoms with E-state index in [0.717, 1.165) is 5.69 Å². The van der Waals surface area contributed by atoms with Gasteiger partial charge in [0.2, 0.25) is 0 Å². The fourth-order valence-electron chi connectivity index (χ4n) is 1.83. The summed E-state index contributed by atoms with van der Waals surface area (Å²) < 4.78 is 1.61. The first kappa shape index (κ1) is 12.4. The van der Waals surface area contributed by atoms with Crippen LogP contribution in [0.1, 0.15) is 0 Å². The average molecular weight is 283 g/mol. The molecule has 0 bridgehead atoms. The van der Waals surface area contributed by atoms with Crippen molar-refractivity contribution in [1.82, 2.24) is 19.7 Å². The number of benzene rings is 1. The van der Waals surface area contributed by atoms with Gasteiger partial charge in [0.05, 0.1) is 23.7 Å². The molecule has 0 atom stereocenters. The summed E-state index contributed by atoms with van der Waals surface area (Å²) in [6, 6.07) is 11.5. The second kappa shape index (κ2) is 5.19. The van der Waals surface area contributed by atoms with E-state index in [1.807, 2.05) is 36.4 Å². The Kier molecular flexibility index (Phi) is 3.23. The lowest BCUT2D eigenvalue weighted by molar-refractivity contribution is 0.873. The van der Waals surface area contributed by atoms with E-state index in [1.54, 1.807) is 4.68 Å². The molecule has 3 aromatic rings. The van der Waals surface area contributed by atoms with E-state index in [-0.39, 0.29) is 11.3 Å². The summed E-state index contributed by atoms with van der Waals surface area (Å²) in [5, 5.41) is 13.6. The van der Waals surface area contributed by atoms with Crippen LogP contribution in [0.2, 0.25) is 0 Å². The largest absolute Gasteiger partial charge is 0.301 e. The smallest absolute Gasteiger partial charge is 0.262 e. The lowest BCUT2D eigenvalue weighted by atomic mass is 10.3. The molecule has 3 rings (SSSR count). The van der Waals surface area contributed by atoms with Gasteiger partial charge in [-0.15, -0.1) is 0 Å². The zero-order valence-electron chi connectivity index (χ0n) is 10.3. The summed E-state index contributed by atoms with van der Waals surface area (Å²) in [6.45, 7) is 0. The van der Waals surface area contributed by atoms with Crippen molar-refractivity contribution in [2.24, 2.45) is 0 Å². The molecule has 0 fully saturated rings. The van der Waals surface area contributed by atoms with Crippen LogP contribution in [-0.2, 0) is 0 Å². The van der Waals surface area contributed by atoms with E-state index in [4.69, 9.17) is 5.26 Å². The highest BCUT2D eigenvalue weighted by molar-refractivity contribution is 7.99. The molecule has 0 aliphatic rings. The number of para-hydroxylation sites is 1. The van der Waals surface area contributed by atoms with E-state index in [1.165, 1.54) is 18.0 Å². The van der Waals surface area contributed by atoms with E-state index < -0.39 is 0 Å². The molecule has 0 radical (unpaired) electrons. The van der Waals surface area contributed by atoms with Crippen LogP contribution in [-0.4, -0.2) is 25.5 Å². The number of H-pyrrole nitrogens is 1. The SMILES string of the molecule is N#CCSc1nc2c(cnn2-c2ccccc2)c(=O)[nH]1. The molecule has 0 aliphatic heterocycles. The minimum absolute atomic E-state index is 0.230. The van der Waals surface area contributed by atoms with Gasteiger partial charge in [-0.1, -0.05) is 30.0 Å². The van der Waals surface area contributed by atoms with Crippen molar-refractivity contribution in [1.29, 1.82) is 5.26 Å². The maximum atomic E-state index is 12.0. The van der Waals surface area contributed by atoms with Crippen LogP contribution in [0, 0.1) is 11.3 Å². The number of nitrogens with one attached hydrogen (secondary N) is 1. The van der Waals surface area contributed by atoms with Crippen molar-refractivity contribution in [2.75, 3.05) is 5.75 Å². The lowest BCUT2D eigenvalue weighted by Gasteiger charge is -2.03. The molecule has 98 valence electrons. The second-order valence-corrected chi connectivity index (χ2v) is 4.91. The Morgan fingerprint density at radius 3 is 2.90 bits per heavy atom. The van der Waals surface area contributed by atoms with Gasteiger partial charge >= 0.3 is 0 Å². The van der Waals surface area contributed by atoms with E-state index >= 15 is 0 Å². The van der Waals surface area contributed by atoms with E-state index in [9.17, 15) is 4.79 Å². The molecule has 2 aromatic heterocycles. The Labute approximate surface area is 118 Å². The maximum Gasteiger partial charge on any atom is 0.262 e. The maximum absolute atomic E-state index is 12.0. The van der Waals surface area contributed by atoms with E-state index in [2.05, 4.69) is 15.1 Å². The Morgan fingerprint density at radius 1 is 1.35 bits per heavy atom. The third-order valence-corrected chi connectivity index (χ3v) is 3.43. The summed E-state index contributed by atoms with van der Waals surface area (Å²) >= 11 is 1.19. The van der Waals surface area contributed by atoms with Crippen molar-refractivity contribution in [3.05, 3.63) is 46.9 Å². The zero-order valence-corrected chi connectivity index (χ0v) is 11.1. The first-order valence-corrected chi connectivity index (χ1v) is 6.81. The lowest BCUT2D eigenvalue weighted by Crippen LogP contribution is -2.09. The molecule has 0 saturated heterocycles. The third kappa shape index (κ3) is 2.17. The minimum Gasteiger partial charge on any atom is -0.301 e. The second-order valence-electron chi connectivity index (χ2n) is 3.95. The number of aromatic amines is 1. The first-order chi connectivity index (χ1) is 9.79. The van der Waals surface area contributed by atoms with Crippen molar-refractivity contribution < 1.29 is 0 Å².